The third-order valence-electron chi connectivity index (χ3n) is 3.89. The number of hydrogen-bond donors (Lipinski definition) is 1. The Morgan fingerprint density at radius 3 is 2.37 bits per heavy atom. The second-order valence-electron chi connectivity index (χ2n) is 5.97. The fourth-order valence-corrected chi connectivity index (χ4v) is 2.28. The fourth-order valence-electron chi connectivity index (χ4n) is 2.28. The maximum atomic E-state index is 12.0. The Labute approximate surface area is 156 Å². The molecular weight excluding hydrogens is 352 g/mol. The lowest BCUT2D eigenvalue weighted by Gasteiger charge is -2.10. The molecule has 0 spiro atoms. The molecule has 0 saturated heterocycles. The van der Waals surface area contributed by atoms with Crippen LogP contribution < -0.4 is 10.1 Å². The minimum Gasteiger partial charge on any atom is -0.482 e. The molecule has 0 aliphatic rings. The van der Waals surface area contributed by atoms with Gasteiger partial charge in [0.05, 0.1) is 4.92 Å². The summed E-state index contributed by atoms with van der Waals surface area (Å²) < 4.78 is 10.2. The molecule has 2 rings (SSSR count). The van der Waals surface area contributed by atoms with Crippen LogP contribution in [0, 0.1) is 30.9 Å². The van der Waals surface area contributed by atoms with E-state index in [0.717, 1.165) is 16.7 Å². The number of esters is 1. The molecule has 0 aliphatic heterocycles. The summed E-state index contributed by atoms with van der Waals surface area (Å²) in [5.41, 5.74) is 2.23. The molecule has 8 heteroatoms. The van der Waals surface area contributed by atoms with E-state index < -0.39 is 23.4 Å². The van der Waals surface area contributed by atoms with E-state index in [0.29, 0.717) is 5.75 Å². The molecule has 0 atom stereocenters. The number of amides is 1. The molecule has 0 aliphatic carbocycles. The van der Waals surface area contributed by atoms with Crippen molar-refractivity contribution in [3.63, 3.8) is 0 Å². The van der Waals surface area contributed by atoms with Crippen molar-refractivity contribution < 1.29 is 24.0 Å². The highest BCUT2D eigenvalue weighted by Crippen LogP contribution is 2.27. The molecule has 0 unspecified atom stereocenters. The third-order valence-corrected chi connectivity index (χ3v) is 3.89. The van der Waals surface area contributed by atoms with Crippen LogP contribution in [-0.4, -0.2) is 30.0 Å². The molecule has 0 saturated carbocycles. The van der Waals surface area contributed by atoms with Gasteiger partial charge in [-0.05, 0) is 49.6 Å². The third kappa shape index (κ3) is 5.53. The number of nitro benzene ring substituents is 1. The zero-order chi connectivity index (χ0) is 20.0. The van der Waals surface area contributed by atoms with Gasteiger partial charge in [0.1, 0.15) is 11.4 Å². The van der Waals surface area contributed by atoms with Gasteiger partial charge in [0.25, 0.3) is 11.6 Å². The normalized spacial score (nSPS) is 10.2. The lowest BCUT2D eigenvalue weighted by Crippen LogP contribution is -2.24. The van der Waals surface area contributed by atoms with Crippen LogP contribution in [0.5, 0.6) is 5.75 Å². The molecule has 1 N–H and O–H groups in total. The monoisotopic (exact) mass is 372 g/mol. The summed E-state index contributed by atoms with van der Waals surface area (Å²) in [7, 11) is 0. The fraction of sp³-hybridized carbons (Fsp3) is 0.263. The van der Waals surface area contributed by atoms with Crippen LogP contribution in [0.25, 0.3) is 0 Å². The maximum Gasteiger partial charge on any atom is 0.344 e. The van der Waals surface area contributed by atoms with Gasteiger partial charge >= 0.3 is 5.97 Å². The minimum absolute atomic E-state index is 0.0558. The maximum absolute atomic E-state index is 12.0. The smallest absolute Gasteiger partial charge is 0.344 e. The summed E-state index contributed by atoms with van der Waals surface area (Å²) in [6.07, 6.45) is 0. The topological polar surface area (TPSA) is 108 Å². The Balaban J connectivity index is 1.89. The number of rotatable bonds is 7. The number of aryl methyl sites for hydroxylation is 3. The second kappa shape index (κ2) is 8.79. The van der Waals surface area contributed by atoms with Gasteiger partial charge in [0, 0.05) is 6.07 Å². The summed E-state index contributed by atoms with van der Waals surface area (Å²) in [5.74, 6) is -0.849. The average Bonchev–Trinajstić information content (AvgIpc) is 2.62. The van der Waals surface area contributed by atoms with E-state index in [9.17, 15) is 19.7 Å². The first-order valence-electron chi connectivity index (χ1n) is 8.17. The number of anilines is 1. The first kappa shape index (κ1) is 19.9. The van der Waals surface area contributed by atoms with Crippen molar-refractivity contribution in [1.82, 2.24) is 0 Å². The van der Waals surface area contributed by atoms with Gasteiger partial charge in [-0.15, -0.1) is 0 Å². The number of carbonyl (C=O) groups excluding carboxylic acids is 2. The zero-order valence-electron chi connectivity index (χ0n) is 15.3. The van der Waals surface area contributed by atoms with Crippen LogP contribution in [0.15, 0.2) is 36.4 Å². The summed E-state index contributed by atoms with van der Waals surface area (Å²) in [5, 5.41) is 13.5. The number of nitrogens with zero attached hydrogens (tertiary/aromatic N) is 1. The summed E-state index contributed by atoms with van der Waals surface area (Å²) >= 11 is 0. The molecule has 0 radical (unpaired) electrons. The Morgan fingerprint density at radius 2 is 1.70 bits per heavy atom. The number of nitrogens with one attached hydrogen (secondary N) is 1. The number of carbonyl (C=O) groups is 2. The van der Waals surface area contributed by atoms with E-state index in [-0.39, 0.29) is 18.0 Å². The lowest BCUT2D eigenvalue weighted by atomic mass is 10.1. The second-order valence-corrected chi connectivity index (χ2v) is 5.97. The summed E-state index contributed by atoms with van der Waals surface area (Å²) in [6, 6.07) is 10.1. The van der Waals surface area contributed by atoms with E-state index in [1.807, 2.05) is 19.1 Å². The van der Waals surface area contributed by atoms with Gasteiger partial charge in [-0.1, -0.05) is 18.2 Å². The van der Waals surface area contributed by atoms with E-state index in [1.165, 1.54) is 12.1 Å². The van der Waals surface area contributed by atoms with E-state index in [1.54, 1.807) is 26.0 Å². The van der Waals surface area contributed by atoms with Crippen LogP contribution in [-0.2, 0) is 14.3 Å². The molecule has 0 bridgehead atoms. The number of nitro groups is 1. The molecule has 27 heavy (non-hydrogen) atoms. The Morgan fingerprint density at radius 1 is 1.04 bits per heavy atom. The van der Waals surface area contributed by atoms with Gasteiger partial charge in [-0.2, -0.15) is 0 Å². The molecule has 0 heterocycles. The highest BCUT2D eigenvalue weighted by Gasteiger charge is 2.18. The van der Waals surface area contributed by atoms with Crippen LogP contribution in [0.2, 0.25) is 0 Å². The van der Waals surface area contributed by atoms with Crippen molar-refractivity contribution >= 4 is 23.3 Å². The van der Waals surface area contributed by atoms with Crippen molar-refractivity contribution in [2.45, 2.75) is 20.8 Å². The summed E-state index contributed by atoms with van der Waals surface area (Å²) in [6.45, 7) is 4.44. The predicted octanol–water partition coefficient (Wildman–Crippen LogP) is 3.08. The number of para-hydroxylation sites is 1. The van der Waals surface area contributed by atoms with Crippen LogP contribution >= 0.6 is 0 Å². The molecule has 8 nitrogen and oxygen atoms in total. The van der Waals surface area contributed by atoms with Crippen molar-refractivity contribution in [2.75, 3.05) is 18.5 Å². The van der Waals surface area contributed by atoms with E-state index in [4.69, 9.17) is 9.47 Å². The van der Waals surface area contributed by atoms with Gasteiger partial charge in [0.15, 0.2) is 13.2 Å². The molecule has 0 aromatic heterocycles. The standard InChI is InChI=1S/C19H20N2O6/c1-12-6-4-5-7-17(12)26-11-19(23)27-10-18(22)20-15-8-13(2)14(3)9-16(15)21(24)25/h4-9H,10-11H2,1-3H3,(H,20,22). The Bertz CT molecular complexity index is 878. The lowest BCUT2D eigenvalue weighted by molar-refractivity contribution is -0.384. The number of hydrogen-bond acceptors (Lipinski definition) is 6. The summed E-state index contributed by atoms with van der Waals surface area (Å²) in [4.78, 5) is 34.2. The quantitative estimate of drug-likeness (QED) is 0.455. The molecule has 2 aromatic rings. The van der Waals surface area contributed by atoms with Crippen LogP contribution in [0.1, 0.15) is 16.7 Å². The van der Waals surface area contributed by atoms with Crippen molar-refractivity contribution in [3.05, 3.63) is 63.2 Å². The van der Waals surface area contributed by atoms with Crippen LogP contribution in [0.4, 0.5) is 11.4 Å². The van der Waals surface area contributed by atoms with Gasteiger partial charge in [0.2, 0.25) is 0 Å². The van der Waals surface area contributed by atoms with Gasteiger partial charge in [-0.25, -0.2) is 4.79 Å². The average molecular weight is 372 g/mol. The van der Waals surface area contributed by atoms with Crippen molar-refractivity contribution in [3.8, 4) is 5.75 Å². The predicted molar refractivity (Wildman–Crippen MR) is 98.8 cm³/mol. The Hall–Kier alpha value is -3.42. The van der Waals surface area contributed by atoms with Gasteiger partial charge < -0.3 is 14.8 Å². The molecule has 0 fully saturated rings. The first-order valence-corrected chi connectivity index (χ1v) is 8.17. The van der Waals surface area contributed by atoms with E-state index in [2.05, 4.69) is 5.32 Å². The van der Waals surface area contributed by atoms with Crippen molar-refractivity contribution in [2.24, 2.45) is 0 Å². The molecule has 2 aromatic carbocycles. The Kier molecular flexibility index (Phi) is 6.48. The SMILES string of the molecule is Cc1cc(NC(=O)COC(=O)COc2ccccc2C)c([N+](=O)[O-])cc1C. The largest absolute Gasteiger partial charge is 0.482 e. The molecule has 142 valence electrons. The molecular formula is C19H20N2O6. The van der Waals surface area contributed by atoms with E-state index >= 15 is 0 Å². The minimum atomic E-state index is -0.719. The zero-order valence-corrected chi connectivity index (χ0v) is 15.3. The first-order chi connectivity index (χ1) is 12.8. The van der Waals surface area contributed by atoms with Crippen molar-refractivity contribution in [1.29, 1.82) is 0 Å². The van der Waals surface area contributed by atoms with Gasteiger partial charge in [-0.3, -0.25) is 14.9 Å². The highest BCUT2D eigenvalue weighted by molar-refractivity contribution is 5.95. The highest BCUT2D eigenvalue weighted by atomic mass is 16.6. The number of ether oxygens (including phenoxy) is 2. The van der Waals surface area contributed by atoms with Crippen LogP contribution in [0.3, 0.4) is 0 Å². The molecule has 1 amide bonds. The number of benzene rings is 2.